The standard InChI is InChI=1S/C16H26N6O3/c1-11-9-21(10-12(2)25-11)16-18-14(17)13(22(23)24)15(19-16)20-7-5-3-4-6-8-20/h11-12H,3-10H2,1-2H3,(H2,17,18,19)/t11-,12-/m1/s1. The van der Waals surface area contributed by atoms with E-state index in [9.17, 15) is 10.1 Å². The van der Waals surface area contributed by atoms with Crippen LogP contribution in [0.1, 0.15) is 39.5 Å². The fourth-order valence-electron chi connectivity index (χ4n) is 3.61. The molecule has 0 saturated carbocycles. The van der Waals surface area contributed by atoms with E-state index in [2.05, 4.69) is 9.97 Å². The van der Waals surface area contributed by atoms with Gasteiger partial charge in [0.25, 0.3) is 0 Å². The number of hydrogen-bond acceptors (Lipinski definition) is 8. The largest absolute Gasteiger partial charge is 0.378 e. The van der Waals surface area contributed by atoms with Crippen molar-refractivity contribution in [1.29, 1.82) is 0 Å². The van der Waals surface area contributed by atoms with E-state index in [4.69, 9.17) is 10.5 Å². The first kappa shape index (κ1) is 17.7. The number of hydrogen-bond donors (Lipinski definition) is 1. The molecule has 2 N–H and O–H groups in total. The molecule has 1 aromatic rings. The number of morpholine rings is 1. The van der Waals surface area contributed by atoms with Crippen LogP contribution >= 0.6 is 0 Å². The Kier molecular flexibility index (Phi) is 5.22. The molecule has 3 rings (SSSR count). The minimum Gasteiger partial charge on any atom is -0.378 e. The van der Waals surface area contributed by atoms with Gasteiger partial charge < -0.3 is 20.3 Å². The van der Waals surface area contributed by atoms with Gasteiger partial charge in [0.2, 0.25) is 17.6 Å². The summed E-state index contributed by atoms with van der Waals surface area (Å²) in [7, 11) is 0. The van der Waals surface area contributed by atoms with Gasteiger partial charge in [-0.1, -0.05) is 12.8 Å². The third-order valence-electron chi connectivity index (χ3n) is 4.67. The molecule has 9 heteroatoms. The molecule has 0 bridgehead atoms. The number of nitrogen functional groups attached to an aromatic ring is 1. The summed E-state index contributed by atoms with van der Waals surface area (Å²) in [4.78, 5) is 23.9. The fraction of sp³-hybridized carbons (Fsp3) is 0.750. The smallest absolute Gasteiger partial charge is 0.353 e. The van der Waals surface area contributed by atoms with Crippen molar-refractivity contribution in [2.45, 2.75) is 51.7 Å². The Labute approximate surface area is 147 Å². The van der Waals surface area contributed by atoms with Crippen LogP contribution in [-0.2, 0) is 4.74 Å². The van der Waals surface area contributed by atoms with Crippen LogP contribution in [0.4, 0.5) is 23.3 Å². The lowest BCUT2D eigenvalue weighted by molar-refractivity contribution is -0.383. The lowest BCUT2D eigenvalue weighted by atomic mass is 10.2. The zero-order valence-electron chi connectivity index (χ0n) is 14.8. The van der Waals surface area contributed by atoms with Crippen molar-refractivity contribution in [3.63, 3.8) is 0 Å². The van der Waals surface area contributed by atoms with Crippen LogP contribution in [0.25, 0.3) is 0 Å². The summed E-state index contributed by atoms with van der Waals surface area (Å²) in [5.74, 6) is 0.728. The van der Waals surface area contributed by atoms with Crippen molar-refractivity contribution in [3.8, 4) is 0 Å². The third-order valence-corrected chi connectivity index (χ3v) is 4.67. The van der Waals surface area contributed by atoms with Crippen LogP contribution in [0.15, 0.2) is 0 Å². The van der Waals surface area contributed by atoms with E-state index < -0.39 is 4.92 Å². The average molecular weight is 350 g/mol. The summed E-state index contributed by atoms with van der Waals surface area (Å²) >= 11 is 0. The van der Waals surface area contributed by atoms with Gasteiger partial charge in [-0.3, -0.25) is 10.1 Å². The average Bonchev–Trinajstić information content (AvgIpc) is 2.82. The van der Waals surface area contributed by atoms with Crippen molar-refractivity contribution in [3.05, 3.63) is 10.1 Å². The Bertz CT molecular complexity index is 623. The number of ether oxygens (including phenoxy) is 1. The number of rotatable bonds is 3. The summed E-state index contributed by atoms with van der Waals surface area (Å²) in [6.45, 7) is 6.78. The van der Waals surface area contributed by atoms with E-state index in [0.29, 0.717) is 24.9 Å². The second-order valence-corrected chi connectivity index (χ2v) is 6.90. The SMILES string of the molecule is C[C@@H]1CN(c2nc(N)c([N+](=O)[O-])c(N3CCCCCC3)n2)C[C@@H](C)O1. The van der Waals surface area contributed by atoms with Crippen molar-refractivity contribution < 1.29 is 9.66 Å². The number of nitro groups is 1. The second kappa shape index (κ2) is 7.38. The van der Waals surface area contributed by atoms with Crippen LogP contribution in [0.2, 0.25) is 0 Å². The van der Waals surface area contributed by atoms with Crippen LogP contribution < -0.4 is 15.5 Å². The van der Waals surface area contributed by atoms with Crippen molar-refractivity contribution in [1.82, 2.24) is 9.97 Å². The Morgan fingerprint density at radius 1 is 1.08 bits per heavy atom. The van der Waals surface area contributed by atoms with Gasteiger partial charge in [-0.05, 0) is 26.7 Å². The van der Waals surface area contributed by atoms with Gasteiger partial charge in [0.15, 0.2) is 0 Å². The van der Waals surface area contributed by atoms with Crippen LogP contribution in [-0.4, -0.2) is 53.3 Å². The molecule has 3 heterocycles. The maximum Gasteiger partial charge on any atom is 0.353 e. The van der Waals surface area contributed by atoms with E-state index in [1.807, 2.05) is 23.6 Å². The Hall–Kier alpha value is -2.16. The first-order chi connectivity index (χ1) is 12.0. The first-order valence-corrected chi connectivity index (χ1v) is 8.93. The Balaban J connectivity index is 1.99. The Morgan fingerprint density at radius 3 is 2.24 bits per heavy atom. The highest BCUT2D eigenvalue weighted by molar-refractivity contribution is 5.71. The summed E-state index contributed by atoms with van der Waals surface area (Å²) < 4.78 is 5.75. The second-order valence-electron chi connectivity index (χ2n) is 6.90. The van der Waals surface area contributed by atoms with Gasteiger partial charge in [0.05, 0.1) is 17.1 Å². The molecular formula is C16H26N6O3. The molecule has 0 spiro atoms. The first-order valence-electron chi connectivity index (χ1n) is 8.93. The van der Waals surface area contributed by atoms with Gasteiger partial charge in [-0.25, -0.2) is 0 Å². The quantitative estimate of drug-likeness (QED) is 0.650. The van der Waals surface area contributed by atoms with Crippen molar-refractivity contribution in [2.75, 3.05) is 41.7 Å². The number of anilines is 3. The van der Waals surface area contributed by atoms with Gasteiger partial charge in [0.1, 0.15) is 0 Å². The van der Waals surface area contributed by atoms with Crippen molar-refractivity contribution >= 4 is 23.3 Å². The minimum absolute atomic E-state index is 0.0467. The number of aromatic nitrogens is 2. The zero-order chi connectivity index (χ0) is 18.0. The van der Waals surface area contributed by atoms with E-state index in [-0.39, 0.29) is 23.7 Å². The van der Waals surface area contributed by atoms with Crippen molar-refractivity contribution in [2.24, 2.45) is 0 Å². The van der Waals surface area contributed by atoms with E-state index >= 15 is 0 Å². The lowest BCUT2D eigenvalue weighted by Crippen LogP contribution is -2.46. The third kappa shape index (κ3) is 3.92. The molecule has 1 aromatic heterocycles. The highest BCUT2D eigenvalue weighted by Gasteiger charge is 2.31. The van der Waals surface area contributed by atoms with Gasteiger partial charge in [-0.2, -0.15) is 9.97 Å². The minimum atomic E-state index is -0.468. The van der Waals surface area contributed by atoms with Gasteiger partial charge in [0, 0.05) is 26.2 Å². The Morgan fingerprint density at radius 2 is 1.68 bits per heavy atom. The number of nitrogens with zero attached hydrogens (tertiary/aromatic N) is 5. The lowest BCUT2D eigenvalue weighted by Gasteiger charge is -2.35. The predicted octanol–water partition coefficient (Wildman–Crippen LogP) is 1.96. The van der Waals surface area contributed by atoms with E-state index in [1.165, 1.54) is 0 Å². The number of nitrogens with two attached hydrogens (primary N) is 1. The van der Waals surface area contributed by atoms with Crippen LogP contribution in [0.5, 0.6) is 0 Å². The molecule has 2 saturated heterocycles. The molecule has 25 heavy (non-hydrogen) atoms. The molecule has 138 valence electrons. The van der Waals surface area contributed by atoms with Crippen LogP contribution in [0, 0.1) is 10.1 Å². The highest BCUT2D eigenvalue weighted by atomic mass is 16.6. The summed E-state index contributed by atoms with van der Waals surface area (Å²) in [6, 6.07) is 0. The maximum atomic E-state index is 11.5. The molecule has 0 amide bonds. The predicted molar refractivity (Wildman–Crippen MR) is 96.0 cm³/mol. The molecule has 2 aliphatic rings. The summed E-state index contributed by atoms with van der Waals surface area (Å²) in [5.41, 5.74) is 5.79. The normalized spacial score (nSPS) is 24.9. The van der Waals surface area contributed by atoms with Gasteiger partial charge in [-0.15, -0.1) is 0 Å². The molecular weight excluding hydrogens is 324 g/mol. The topological polar surface area (TPSA) is 111 Å². The zero-order valence-corrected chi connectivity index (χ0v) is 14.8. The molecule has 0 aromatic carbocycles. The molecule has 0 unspecified atom stereocenters. The highest BCUT2D eigenvalue weighted by Crippen LogP contribution is 2.34. The molecule has 2 atom stereocenters. The van der Waals surface area contributed by atoms with Gasteiger partial charge >= 0.3 is 5.69 Å². The van der Waals surface area contributed by atoms with E-state index in [0.717, 1.165) is 38.8 Å². The molecule has 9 nitrogen and oxygen atoms in total. The molecule has 0 radical (unpaired) electrons. The molecule has 2 fully saturated rings. The molecule has 2 aliphatic heterocycles. The summed E-state index contributed by atoms with van der Waals surface area (Å²) in [5, 5.41) is 11.5. The van der Waals surface area contributed by atoms with E-state index in [1.54, 1.807) is 0 Å². The molecule has 0 aliphatic carbocycles. The maximum absolute atomic E-state index is 11.5. The monoisotopic (exact) mass is 350 g/mol. The summed E-state index contributed by atoms with van der Waals surface area (Å²) in [6.07, 6.45) is 4.37. The van der Waals surface area contributed by atoms with Crippen LogP contribution in [0.3, 0.4) is 0 Å². The fourth-order valence-corrected chi connectivity index (χ4v) is 3.61.